The fourth-order valence-electron chi connectivity index (χ4n) is 2.19. The summed E-state index contributed by atoms with van der Waals surface area (Å²) in [5, 5.41) is 11.4. The quantitative estimate of drug-likeness (QED) is 0.835. The number of halogens is 1. The third kappa shape index (κ3) is 2.31. The summed E-state index contributed by atoms with van der Waals surface area (Å²) >= 11 is 6.12. The smallest absolute Gasteiger partial charge is 0.255 e. The van der Waals surface area contributed by atoms with Crippen molar-refractivity contribution in [2.75, 3.05) is 13.1 Å². The molecule has 1 saturated heterocycles. The van der Waals surface area contributed by atoms with Crippen LogP contribution in [0.15, 0.2) is 24.5 Å². The van der Waals surface area contributed by atoms with Gasteiger partial charge in [0.2, 0.25) is 0 Å². The number of likely N-dealkylation sites (tertiary alicyclic amines) is 1. The molecule has 6 nitrogen and oxygen atoms in total. The molecule has 0 saturated carbocycles. The predicted molar refractivity (Wildman–Crippen MR) is 69.3 cm³/mol. The fourth-order valence-corrected chi connectivity index (χ4v) is 2.39. The summed E-state index contributed by atoms with van der Waals surface area (Å²) in [7, 11) is 0. The minimum atomic E-state index is -0.0302. The van der Waals surface area contributed by atoms with E-state index in [1.807, 2.05) is 4.90 Å². The molecule has 0 aliphatic carbocycles. The second kappa shape index (κ2) is 4.97. The second-order valence-corrected chi connectivity index (χ2v) is 4.83. The summed E-state index contributed by atoms with van der Waals surface area (Å²) in [4.78, 5) is 14.2. The zero-order valence-corrected chi connectivity index (χ0v) is 10.9. The Bertz CT molecular complexity index is 592. The van der Waals surface area contributed by atoms with E-state index in [0.29, 0.717) is 10.6 Å². The van der Waals surface area contributed by atoms with Crippen LogP contribution in [-0.2, 0) is 0 Å². The van der Waals surface area contributed by atoms with Gasteiger partial charge in [0.15, 0.2) is 0 Å². The number of benzene rings is 1. The number of nitrogens with zero attached hydrogens (tertiary/aromatic N) is 5. The van der Waals surface area contributed by atoms with Crippen molar-refractivity contribution in [2.24, 2.45) is 0 Å². The van der Waals surface area contributed by atoms with Crippen LogP contribution in [0.4, 0.5) is 0 Å². The number of amides is 1. The van der Waals surface area contributed by atoms with Gasteiger partial charge in [-0.3, -0.25) is 4.79 Å². The highest BCUT2D eigenvalue weighted by Gasteiger charge is 2.22. The molecule has 0 bridgehead atoms. The molecule has 98 valence electrons. The van der Waals surface area contributed by atoms with E-state index in [1.54, 1.807) is 18.2 Å². The van der Waals surface area contributed by atoms with Gasteiger partial charge in [0.25, 0.3) is 5.91 Å². The largest absolute Gasteiger partial charge is 0.339 e. The van der Waals surface area contributed by atoms with Crippen molar-refractivity contribution < 1.29 is 4.79 Å². The Morgan fingerprint density at radius 3 is 2.74 bits per heavy atom. The van der Waals surface area contributed by atoms with E-state index < -0.39 is 0 Å². The Labute approximate surface area is 115 Å². The third-order valence-corrected chi connectivity index (χ3v) is 3.52. The molecule has 2 heterocycles. The van der Waals surface area contributed by atoms with E-state index in [4.69, 9.17) is 11.6 Å². The highest BCUT2D eigenvalue weighted by molar-refractivity contribution is 6.33. The van der Waals surface area contributed by atoms with Gasteiger partial charge in [0.05, 0.1) is 16.3 Å². The van der Waals surface area contributed by atoms with Crippen LogP contribution in [0.3, 0.4) is 0 Å². The molecule has 1 amide bonds. The van der Waals surface area contributed by atoms with Gasteiger partial charge in [0.1, 0.15) is 6.33 Å². The highest BCUT2D eigenvalue weighted by atomic mass is 35.5. The maximum atomic E-state index is 12.4. The fraction of sp³-hybridized carbons (Fsp3) is 0.333. The molecule has 19 heavy (non-hydrogen) atoms. The minimum Gasteiger partial charge on any atom is -0.339 e. The molecule has 0 radical (unpaired) electrons. The molecular weight excluding hydrogens is 266 g/mol. The number of hydrogen-bond donors (Lipinski definition) is 0. The molecule has 0 atom stereocenters. The Kier molecular flexibility index (Phi) is 3.16. The van der Waals surface area contributed by atoms with Crippen molar-refractivity contribution in [1.82, 2.24) is 25.1 Å². The van der Waals surface area contributed by atoms with Gasteiger partial charge in [-0.25, -0.2) is 4.68 Å². The first-order chi connectivity index (χ1) is 9.25. The number of aromatic nitrogens is 4. The van der Waals surface area contributed by atoms with Crippen LogP contribution in [0.25, 0.3) is 5.69 Å². The molecule has 0 unspecified atom stereocenters. The van der Waals surface area contributed by atoms with Crippen molar-refractivity contribution in [2.45, 2.75) is 12.8 Å². The lowest BCUT2D eigenvalue weighted by molar-refractivity contribution is 0.0793. The molecule has 7 heteroatoms. The molecule has 3 rings (SSSR count). The topological polar surface area (TPSA) is 63.9 Å². The number of carbonyl (C=O) groups is 1. The van der Waals surface area contributed by atoms with E-state index in [2.05, 4.69) is 15.5 Å². The zero-order valence-electron chi connectivity index (χ0n) is 10.2. The summed E-state index contributed by atoms with van der Waals surface area (Å²) in [6.45, 7) is 1.59. The standard InChI is InChI=1S/C12H12ClN5O/c13-11-4-3-9(18-8-14-15-16-18)7-10(11)12(19)17-5-1-2-6-17/h3-4,7-8H,1-2,5-6H2. The Morgan fingerprint density at radius 1 is 1.26 bits per heavy atom. The van der Waals surface area contributed by atoms with Gasteiger partial charge in [-0.05, 0) is 41.5 Å². The van der Waals surface area contributed by atoms with Gasteiger partial charge in [0, 0.05) is 13.1 Å². The van der Waals surface area contributed by atoms with E-state index in [1.165, 1.54) is 11.0 Å². The maximum absolute atomic E-state index is 12.4. The maximum Gasteiger partial charge on any atom is 0.255 e. The lowest BCUT2D eigenvalue weighted by Crippen LogP contribution is -2.28. The van der Waals surface area contributed by atoms with Crippen LogP contribution in [0, 0.1) is 0 Å². The van der Waals surface area contributed by atoms with Crippen LogP contribution in [0.5, 0.6) is 0 Å². The summed E-state index contributed by atoms with van der Waals surface area (Å²) < 4.78 is 1.50. The van der Waals surface area contributed by atoms with Crippen LogP contribution < -0.4 is 0 Å². The van der Waals surface area contributed by atoms with Gasteiger partial charge in [-0.1, -0.05) is 11.6 Å². The lowest BCUT2D eigenvalue weighted by atomic mass is 10.1. The molecule has 1 aliphatic rings. The number of hydrogen-bond acceptors (Lipinski definition) is 4. The first-order valence-corrected chi connectivity index (χ1v) is 6.46. The normalized spacial score (nSPS) is 14.9. The van der Waals surface area contributed by atoms with Crippen LogP contribution >= 0.6 is 11.6 Å². The van der Waals surface area contributed by atoms with Crippen LogP contribution in [0.1, 0.15) is 23.2 Å². The van der Waals surface area contributed by atoms with E-state index >= 15 is 0 Å². The molecule has 1 aromatic heterocycles. The van der Waals surface area contributed by atoms with Crippen molar-refractivity contribution in [3.05, 3.63) is 35.1 Å². The van der Waals surface area contributed by atoms with Gasteiger partial charge in [-0.15, -0.1) is 5.10 Å². The summed E-state index contributed by atoms with van der Waals surface area (Å²) in [6, 6.07) is 5.20. The van der Waals surface area contributed by atoms with E-state index in [-0.39, 0.29) is 5.91 Å². The number of carbonyl (C=O) groups excluding carboxylic acids is 1. The molecule has 1 fully saturated rings. The monoisotopic (exact) mass is 277 g/mol. The molecule has 0 N–H and O–H groups in total. The third-order valence-electron chi connectivity index (χ3n) is 3.19. The van der Waals surface area contributed by atoms with Crippen LogP contribution in [0.2, 0.25) is 5.02 Å². The second-order valence-electron chi connectivity index (χ2n) is 4.42. The first kappa shape index (κ1) is 12.1. The first-order valence-electron chi connectivity index (χ1n) is 6.08. The SMILES string of the molecule is O=C(c1cc(-n2cnnn2)ccc1Cl)N1CCCC1. The van der Waals surface area contributed by atoms with Gasteiger partial charge >= 0.3 is 0 Å². The molecule has 2 aromatic rings. The molecule has 1 aromatic carbocycles. The van der Waals surface area contributed by atoms with Gasteiger partial charge < -0.3 is 4.90 Å². The van der Waals surface area contributed by atoms with Crippen molar-refractivity contribution in [3.8, 4) is 5.69 Å². The summed E-state index contributed by atoms with van der Waals surface area (Å²) in [5.74, 6) is -0.0302. The Morgan fingerprint density at radius 2 is 2.05 bits per heavy atom. The summed E-state index contributed by atoms with van der Waals surface area (Å²) in [6.07, 6.45) is 3.58. The number of rotatable bonds is 2. The highest BCUT2D eigenvalue weighted by Crippen LogP contribution is 2.22. The molecule has 1 aliphatic heterocycles. The van der Waals surface area contributed by atoms with Crippen molar-refractivity contribution in [1.29, 1.82) is 0 Å². The average molecular weight is 278 g/mol. The van der Waals surface area contributed by atoms with Crippen molar-refractivity contribution in [3.63, 3.8) is 0 Å². The van der Waals surface area contributed by atoms with E-state index in [9.17, 15) is 4.79 Å². The van der Waals surface area contributed by atoms with Crippen molar-refractivity contribution >= 4 is 17.5 Å². The Hall–Kier alpha value is -1.95. The predicted octanol–water partition coefficient (Wildman–Crippen LogP) is 1.55. The number of tetrazole rings is 1. The minimum absolute atomic E-state index is 0.0302. The van der Waals surface area contributed by atoms with Crippen LogP contribution in [-0.4, -0.2) is 44.1 Å². The van der Waals surface area contributed by atoms with Gasteiger partial charge in [-0.2, -0.15) is 0 Å². The molecular formula is C12H12ClN5O. The van der Waals surface area contributed by atoms with E-state index in [0.717, 1.165) is 31.6 Å². The Balaban J connectivity index is 1.96. The molecule has 0 spiro atoms. The average Bonchev–Trinajstić information content (AvgIpc) is 3.11. The summed E-state index contributed by atoms with van der Waals surface area (Å²) in [5.41, 5.74) is 1.22. The zero-order chi connectivity index (χ0) is 13.2. The lowest BCUT2D eigenvalue weighted by Gasteiger charge is -2.16.